The average molecular weight is 269 g/mol. The molecule has 0 saturated heterocycles. The van der Waals surface area contributed by atoms with Gasteiger partial charge in [0.2, 0.25) is 0 Å². The van der Waals surface area contributed by atoms with Gasteiger partial charge in [-0.15, -0.1) is 0 Å². The first kappa shape index (κ1) is 12.9. The molecule has 1 atom stereocenters. The summed E-state index contributed by atoms with van der Waals surface area (Å²) in [4.78, 5) is 0. The summed E-state index contributed by atoms with van der Waals surface area (Å²) in [5.41, 5.74) is 3.16. The second-order valence-electron chi connectivity index (χ2n) is 5.13. The maximum Gasteiger partial charge on any atom is 0.0900 e. The van der Waals surface area contributed by atoms with E-state index in [1.54, 1.807) is 0 Å². The highest BCUT2D eigenvalue weighted by atomic mass is 16.3. The third-order valence-corrected chi connectivity index (χ3v) is 3.71. The van der Waals surface area contributed by atoms with Crippen LogP contribution in [0, 0.1) is 0 Å². The van der Waals surface area contributed by atoms with Crippen LogP contribution in [-0.4, -0.2) is 19.5 Å². The third-order valence-electron chi connectivity index (χ3n) is 3.71. The van der Waals surface area contributed by atoms with Crippen LogP contribution in [-0.2, 0) is 13.6 Å². The maximum absolute atomic E-state index is 9.85. The number of hydrogen-bond acceptors (Lipinski definition) is 2. The molecule has 0 bridgehead atoms. The molecule has 3 rings (SSSR count). The first-order chi connectivity index (χ1) is 9.69. The first-order valence-corrected chi connectivity index (χ1v) is 6.93. The normalized spacial score (nSPS) is 12.9. The number of aliphatic hydroxyl groups is 1. The lowest BCUT2D eigenvalue weighted by molar-refractivity contribution is 0.173. The Morgan fingerprint density at radius 1 is 1.25 bits per heavy atom. The Hall–Kier alpha value is -2.07. The number of benzene rings is 1. The molecule has 0 aliphatic heterocycles. The van der Waals surface area contributed by atoms with Crippen molar-refractivity contribution >= 4 is 10.9 Å². The Labute approximate surface area is 118 Å². The first-order valence-electron chi connectivity index (χ1n) is 6.93. The SMILES string of the molecule is CCC(O)c1ccn(Cc2nn(C)c3ccccc23)c1. The van der Waals surface area contributed by atoms with Crippen molar-refractivity contribution in [2.75, 3.05) is 0 Å². The van der Waals surface area contributed by atoms with E-state index in [9.17, 15) is 5.11 Å². The van der Waals surface area contributed by atoms with Gasteiger partial charge < -0.3 is 9.67 Å². The molecule has 1 unspecified atom stereocenters. The molecule has 0 saturated carbocycles. The van der Waals surface area contributed by atoms with E-state index >= 15 is 0 Å². The molecule has 0 amide bonds. The Morgan fingerprint density at radius 3 is 2.85 bits per heavy atom. The number of fused-ring (bicyclic) bond motifs is 1. The molecule has 1 aromatic carbocycles. The molecule has 0 aliphatic carbocycles. The molecule has 2 aromatic heterocycles. The smallest absolute Gasteiger partial charge is 0.0900 e. The number of aromatic nitrogens is 3. The highest BCUT2D eigenvalue weighted by Gasteiger charge is 2.10. The predicted molar refractivity (Wildman–Crippen MR) is 79.5 cm³/mol. The fraction of sp³-hybridized carbons (Fsp3) is 0.312. The van der Waals surface area contributed by atoms with Gasteiger partial charge in [0.05, 0.1) is 23.9 Å². The summed E-state index contributed by atoms with van der Waals surface area (Å²) >= 11 is 0. The molecule has 20 heavy (non-hydrogen) atoms. The molecule has 0 aliphatic rings. The summed E-state index contributed by atoms with van der Waals surface area (Å²) < 4.78 is 3.99. The quantitative estimate of drug-likeness (QED) is 0.791. The summed E-state index contributed by atoms with van der Waals surface area (Å²) in [7, 11) is 1.97. The zero-order valence-electron chi connectivity index (χ0n) is 11.8. The van der Waals surface area contributed by atoms with Crippen molar-refractivity contribution in [1.82, 2.24) is 14.3 Å². The second-order valence-corrected chi connectivity index (χ2v) is 5.13. The van der Waals surface area contributed by atoms with Crippen LogP contribution in [0.1, 0.15) is 30.7 Å². The van der Waals surface area contributed by atoms with Crippen molar-refractivity contribution in [2.24, 2.45) is 7.05 Å². The van der Waals surface area contributed by atoms with Crippen molar-refractivity contribution in [3.05, 3.63) is 54.0 Å². The van der Waals surface area contributed by atoms with Gasteiger partial charge in [-0.1, -0.05) is 25.1 Å². The number of aryl methyl sites for hydroxylation is 1. The fourth-order valence-corrected chi connectivity index (χ4v) is 2.57. The van der Waals surface area contributed by atoms with Crippen molar-refractivity contribution < 1.29 is 5.11 Å². The summed E-state index contributed by atoms with van der Waals surface area (Å²) in [6, 6.07) is 10.2. The van der Waals surface area contributed by atoms with Crippen LogP contribution < -0.4 is 0 Å². The lowest BCUT2D eigenvalue weighted by atomic mass is 10.1. The van der Waals surface area contributed by atoms with Crippen LogP contribution >= 0.6 is 0 Å². The number of hydrogen-bond donors (Lipinski definition) is 1. The van der Waals surface area contributed by atoms with Crippen molar-refractivity contribution in [1.29, 1.82) is 0 Å². The number of aliphatic hydroxyl groups excluding tert-OH is 1. The number of nitrogens with zero attached hydrogens (tertiary/aromatic N) is 3. The van der Waals surface area contributed by atoms with Gasteiger partial charge in [0.25, 0.3) is 0 Å². The summed E-state index contributed by atoms with van der Waals surface area (Å²) in [5, 5.41) is 15.6. The van der Waals surface area contributed by atoms with Gasteiger partial charge in [0.1, 0.15) is 0 Å². The van der Waals surface area contributed by atoms with E-state index in [-0.39, 0.29) is 6.10 Å². The Bertz CT molecular complexity index is 726. The van der Waals surface area contributed by atoms with Crippen LogP contribution in [0.5, 0.6) is 0 Å². The van der Waals surface area contributed by atoms with Crippen molar-refractivity contribution in [3.63, 3.8) is 0 Å². The van der Waals surface area contributed by atoms with E-state index in [1.807, 2.05) is 49.2 Å². The lowest BCUT2D eigenvalue weighted by Crippen LogP contribution is -2.00. The summed E-state index contributed by atoms with van der Waals surface area (Å²) in [6.07, 6.45) is 4.35. The minimum Gasteiger partial charge on any atom is -0.388 e. The maximum atomic E-state index is 9.85. The van der Waals surface area contributed by atoms with E-state index in [0.29, 0.717) is 0 Å². The van der Waals surface area contributed by atoms with Crippen LogP contribution in [0.4, 0.5) is 0 Å². The molecule has 4 nitrogen and oxygen atoms in total. The third kappa shape index (κ3) is 2.23. The van der Waals surface area contributed by atoms with E-state index in [0.717, 1.165) is 29.7 Å². The monoisotopic (exact) mass is 269 g/mol. The molecular weight excluding hydrogens is 250 g/mol. The van der Waals surface area contributed by atoms with E-state index < -0.39 is 0 Å². The van der Waals surface area contributed by atoms with E-state index in [2.05, 4.69) is 21.8 Å². The van der Waals surface area contributed by atoms with Crippen LogP contribution in [0.15, 0.2) is 42.7 Å². The lowest BCUT2D eigenvalue weighted by Gasteiger charge is -2.04. The second kappa shape index (κ2) is 5.13. The molecule has 0 spiro atoms. The summed E-state index contributed by atoms with van der Waals surface area (Å²) in [6.45, 7) is 2.70. The summed E-state index contributed by atoms with van der Waals surface area (Å²) in [5.74, 6) is 0. The fourth-order valence-electron chi connectivity index (χ4n) is 2.57. The average Bonchev–Trinajstić information content (AvgIpc) is 3.05. The van der Waals surface area contributed by atoms with Gasteiger partial charge in [-0.2, -0.15) is 5.10 Å². The molecule has 4 heteroatoms. The predicted octanol–water partition coefficient (Wildman–Crippen LogP) is 2.87. The number of rotatable bonds is 4. The van der Waals surface area contributed by atoms with Gasteiger partial charge in [-0.05, 0) is 24.1 Å². The minimum atomic E-state index is -0.378. The van der Waals surface area contributed by atoms with Crippen LogP contribution in [0.2, 0.25) is 0 Å². The van der Waals surface area contributed by atoms with Gasteiger partial charge in [-0.3, -0.25) is 4.68 Å². The largest absolute Gasteiger partial charge is 0.388 e. The molecule has 2 heterocycles. The topological polar surface area (TPSA) is 43.0 Å². The zero-order valence-corrected chi connectivity index (χ0v) is 11.8. The van der Waals surface area contributed by atoms with Gasteiger partial charge >= 0.3 is 0 Å². The highest BCUT2D eigenvalue weighted by molar-refractivity contribution is 5.81. The van der Waals surface area contributed by atoms with Gasteiger partial charge in [0.15, 0.2) is 0 Å². The van der Waals surface area contributed by atoms with Crippen LogP contribution in [0.25, 0.3) is 10.9 Å². The highest BCUT2D eigenvalue weighted by Crippen LogP contribution is 2.20. The van der Waals surface area contributed by atoms with E-state index in [1.165, 1.54) is 5.39 Å². The Kier molecular flexibility index (Phi) is 3.32. The van der Waals surface area contributed by atoms with E-state index in [4.69, 9.17) is 0 Å². The van der Waals surface area contributed by atoms with Crippen LogP contribution in [0.3, 0.4) is 0 Å². The van der Waals surface area contributed by atoms with Crippen molar-refractivity contribution in [2.45, 2.75) is 26.0 Å². The molecule has 0 radical (unpaired) electrons. The Morgan fingerprint density at radius 2 is 2.05 bits per heavy atom. The van der Waals surface area contributed by atoms with Crippen molar-refractivity contribution in [3.8, 4) is 0 Å². The van der Waals surface area contributed by atoms with Gasteiger partial charge in [-0.25, -0.2) is 0 Å². The minimum absolute atomic E-state index is 0.378. The zero-order chi connectivity index (χ0) is 14.1. The Balaban J connectivity index is 1.91. The molecule has 1 N–H and O–H groups in total. The molecule has 104 valence electrons. The number of para-hydroxylation sites is 1. The molecular formula is C16H19N3O. The molecule has 0 fully saturated rings. The standard InChI is InChI=1S/C16H19N3O/c1-3-16(20)12-8-9-19(10-12)11-14-13-6-4-5-7-15(13)18(2)17-14/h4-10,16,20H,3,11H2,1-2H3. The van der Waals surface area contributed by atoms with Gasteiger partial charge in [0, 0.05) is 24.8 Å². The molecule has 3 aromatic rings.